The van der Waals surface area contributed by atoms with Crippen LogP contribution in [-0.4, -0.2) is 16.7 Å². The highest BCUT2D eigenvalue weighted by Crippen LogP contribution is 2.41. The van der Waals surface area contributed by atoms with Crippen LogP contribution in [0, 0.1) is 0 Å². The molecule has 0 radical (unpaired) electrons. The van der Waals surface area contributed by atoms with Gasteiger partial charge in [0.05, 0.1) is 10.5 Å². The number of hydrogen-bond donors (Lipinski definition) is 3. The maximum absolute atomic E-state index is 12.5. The van der Waals surface area contributed by atoms with Gasteiger partial charge in [0, 0.05) is 16.0 Å². The first-order valence-corrected chi connectivity index (χ1v) is 8.88. The van der Waals surface area contributed by atoms with Crippen LogP contribution in [0.2, 0.25) is 0 Å². The molecule has 2 aromatic carbocycles. The van der Waals surface area contributed by atoms with Gasteiger partial charge in [-0.2, -0.15) is 5.10 Å². The molecule has 3 aromatic rings. The van der Waals surface area contributed by atoms with Crippen LogP contribution < -0.4 is 11.6 Å². The van der Waals surface area contributed by atoms with Crippen LogP contribution in [0.25, 0.3) is 17.4 Å². The first kappa shape index (κ1) is 17.0. The van der Waals surface area contributed by atoms with Gasteiger partial charge in [-0.3, -0.25) is 4.79 Å². The number of carbonyl (C=O) groups excluding carboxylic acids is 1. The monoisotopic (exact) mass is 377 g/mol. The van der Waals surface area contributed by atoms with Crippen molar-refractivity contribution in [2.45, 2.75) is 4.90 Å². The molecule has 1 aliphatic rings. The Balaban J connectivity index is 1.65. The van der Waals surface area contributed by atoms with Crippen LogP contribution in [0.15, 0.2) is 73.9 Å². The fourth-order valence-electron chi connectivity index (χ4n) is 2.81. The van der Waals surface area contributed by atoms with E-state index in [1.807, 2.05) is 24.3 Å². The summed E-state index contributed by atoms with van der Waals surface area (Å²) in [6.45, 7) is 0. The summed E-state index contributed by atoms with van der Waals surface area (Å²) in [6.07, 6.45) is 1.73. The predicted octanol–water partition coefficient (Wildman–Crippen LogP) is 3.56. The fraction of sp³-hybridized carbons (Fsp3) is 0. The van der Waals surface area contributed by atoms with Gasteiger partial charge >= 0.3 is 0 Å². The van der Waals surface area contributed by atoms with Gasteiger partial charge in [-0.1, -0.05) is 23.9 Å². The normalized spacial score (nSPS) is 15.3. The first-order valence-electron chi connectivity index (χ1n) is 8.07. The van der Waals surface area contributed by atoms with Crippen LogP contribution in [-0.2, 0) is 0 Å². The minimum absolute atomic E-state index is 0.00704. The number of allylic oxidation sites excluding steroid dienone is 1. The minimum atomic E-state index is -0.0231. The molecule has 0 spiro atoms. The molecule has 0 atom stereocenters. The van der Waals surface area contributed by atoms with E-state index in [0.29, 0.717) is 33.1 Å². The smallest absolute Gasteiger partial charge is 0.200 e. The SMILES string of the molecule is N/N=C(\N)c1cc(-c2ccc(/C=C3\Sc4ccccc4C3=O)o2)ccc1O. The second-order valence-corrected chi connectivity index (χ2v) is 6.97. The van der Waals surface area contributed by atoms with Gasteiger partial charge in [0.15, 0.2) is 5.84 Å². The van der Waals surface area contributed by atoms with Crippen LogP contribution in [0.1, 0.15) is 21.7 Å². The van der Waals surface area contributed by atoms with Gasteiger partial charge in [-0.15, -0.1) is 0 Å². The molecule has 0 saturated heterocycles. The second kappa shape index (κ2) is 6.69. The molecule has 2 heterocycles. The lowest BCUT2D eigenvalue weighted by atomic mass is 10.1. The zero-order valence-electron chi connectivity index (χ0n) is 14.0. The lowest BCUT2D eigenvalue weighted by Crippen LogP contribution is -2.15. The number of thioether (sulfide) groups is 1. The predicted molar refractivity (Wildman–Crippen MR) is 105 cm³/mol. The van der Waals surface area contributed by atoms with E-state index in [1.165, 1.54) is 17.8 Å². The molecule has 0 unspecified atom stereocenters. The maximum atomic E-state index is 12.5. The van der Waals surface area contributed by atoms with Gasteiger partial charge in [-0.05, 0) is 48.5 Å². The minimum Gasteiger partial charge on any atom is -0.507 e. The number of fused-ring (bicyclic) bond motifs is 1. The number of nitrogens with two attached hydrogens (primary N) is 2. The summed E-state index contributed by atoms with van der Waals surface area (Å²) in [4.78, 5) is 14.0. The zero-order chi connectivity index (χ0) is 19.0. The third kappa shape index (κ3) is 3.09. The van der Waals surface area contributed by atoms with Crippen molar-refractivity contribution in [1.29, 1.82) is 0 Å². The molecule has 4 rings (SSSR count). The highest BCUT2D eigenvalue weighted by atomic mass is 32.2. The van der Waals surface area contributed by atoms with Gasteiger partial charge in [0.1, 0.15) is 17.3 Å². The summed E-state index contributed by atoms with van der Waals surface area (Å²) in [6, 6.07) is 15.9. The summed E-state index contributed by atoms with van der Waals surface area (Å²) < 4.78 is 5.85. The lowest BCUT2D eigenvalue weighted by Gasteiger charge is -2.05. The van der Waals surface area contributed by atoms with Crippen LogP contribution >= 0.6 is 11.8 Å². The number of carbonyl (C=O) groups is 1. The number of amidine groups is 1. The molecule has 0 fully saturated rings. The summed E-state index contributed by atoms with van der Waals surface area (Å²) >= 11 is 1.43. The Labute approximate surface area is 159 Å². The van der Waals surface area contributed by atoms with Gasteiger partial charge in [0.25, 0.3) is 0 Å². The summed E-state index contributed by atoms with van der Waals surface area (Å²) in [7, 11) is 0. The molecule has 0 amide bonds. The molecule has 0 saturated carbocycles. The topological polar surface area (TPSA) is 115 Å². The Hall–Kier alpha value is -3.45. The van der Waals surface area contributed by atoms with E-state index in [4.69, 9.17) is 16.0 Å². The molecule has 0 bridgehead atoms. The zero-order valence-corrected chi connectivity index (χ0v) is 14.9. The van der Waals surface area contributed by atoms with E-state index < -0.39 is 0 Å². The Morgan fingerprint density at radius 1 is 1.15 bits per heavy atom. The second-order valence-electron chi connectivity index (χ2n) is 5.88. The molecule has 27 heavy (non-hydrogen) atoms. The standard InChI is InChI=1S/C20H15N3O3S/c21-20(23-22)14-9-11(5-7-15(14)24)16-8-6-12(26-16)10-18-19(25)13-3-1-2-4-17(13)27-18/h1-10,24H,22H2,(H2,21,23)/b18-10-. The quantitative estimate of drug-likeness (QED) is 0.211. The number of furan rings is 1. The molecule has 6 nitrogen and oxygen atoms in total. The third-order valence-electron chi connectivity index (χ3n) is 4.17. The van der Waals surface area contributed by atoms with Crippen molar-refractivity contribution in [3.05, 3.63) is 76.4 Å². The number of hydrazone groups is 1. The van der Waals surface area contributed by atoms with E-state index in [1.54, 1.807) is 30.3 Å². The number of ketones is 1. The highest BCUT2D eigenvalue weighted by molar-refractivity contribution is 8.04. The Bertz CT molecular complexity index is 1120. The molecule has 1 aromatic heterocycles. The van der Waals surface area contributed by atoms with E-state index in [0.717, 1.165) is 4.90 Å². The number of phenolic OH excluding ortho intramolecular Hbond substituents is 1. The van der Waals surface area contributed by atoms with E-state index in [-0.39, 0.29) is 17.4 Å². The number of aromatic hydroxyl groups is 1. The molecule has 134 valence electrons. The van der Waals surface area contributed by atoms with Gasteiger partial charge < -0.3 is 21.1 Å². The van der Waals surface area contributed by atoms with Crippen LogP contribution in [0.5, 0.6) is 5.75 Å². The molecule has 5 N–H and O–H groups in total. The van der Waals surface area contributed by atoms with E-state index >= 15 is 0 Å². The average Bonchev–Trinajstić information content (AvgIpc) is 3.27. The molecule has 0 aliphatic carbocycles. The van der Waals surface area contributed by atoms with Crippen molar-refractivity contribution < 1.29 is 14.3 Å². The number of Topliss-reactive ketones (excluding diaryl/α,β-unsaturated/α-hetero) is 1. The van der Waals surface area contributed by atoms with Crippen LogP contribution in [0.4, 0.5) is 0 Å². The van der Waals surface area contributed by atoms with Gasteiger partial charge in [0.2, 0.25) is 5.78 Å². The lowest BCUT2D eigenvalue weighted by molar-refractivity contribution is 0.104. The van der Waals surface area contributed by atoms with Crippen molar-refractivity contribution in [1.82, 2.24) is 0 Å². The Morgan fingerprint density at radius 2 is 1.96 bits per heavy atom. The molecular formula is C20H15N3O3S. The maximum Gasteiger partial charge on any atom is 0.200 e. The number of rotatable bonds is 3. The van der Waals surface area contributed by atoms with Crippen molar-refractivity contribution in [2.75, 3.05) is 0 Å². The Kier molecular flexibility index (Phi) is 4.21. The summed E-state index contributed by atoms with van der Waals surface area (Å²) in [5.41, 5.74) is 7.43. The van der Waals surface area contributed by atoms with E-state index in [9.17, 15) is 9.90 Å². The van der Waals surface area contributed by atoms with Gasteiger partial charge in [-0.25, -0.2) is 0 Å². The molecule has 1 aliphatic heterocycles. The van der Waals surface area contributed by atoms with Crippen molar-refractivity contribution in [3.63, 3.8) is 0 Å². The van der Waals surface area contributed by atoms with Crippen molar-refractivity contribution in [2.24, 2.45) is 16.7 Å². The highest BCUT2D eigenvalue weighted by Gasteiger charge is 2.25. The Morgan fingerprint density at radius 3 is 2.74 bits per heavy atom. The number of hydrogen-bond acceptors (Lipinski definition) is 6. The van der Waals surface area contributed by atoms with Crippen molar-refractivity contribution in [3.8, 4) is 17.1 Å². The molecule has 7 heteroatoms. The largest absolute Gasteiger partial charge is 0.507 e. The fourth-order valence-corrected chi connectivity index (χ4v) is 3.85. The summed E-state index contributed by atoms with van der Waals surface area (Å²) in [5.74, 6) is 6.31. The van der Waals surface area contributed by atoms with E-state index in [2.05, 4.69) is 5.10 Å². The first-order chi connectivity index (χ1) is 13.1. The average molecular weight is 377 g/mol. The number of nitrogens with zero attached hydrogens (tertiary/aromatic N) is 1. The third-order valence-corrected chi connectivity index (χ3v) is 5.27. The number of benzene rings is 2. The van der Waals surface area contributed by atoms with Crippen molar-refractivity contribution >= 4 is 29.5 Å². The van der Waals surface area contributed by atoms with Crippen LogP contribution in [0.3, 0.4) is 0 Å². The molecular weight excluding hydrogens is 362 g/mol. The summed E-state index contributed by atoms with van der Waals surface area (Å²) in [5, 5.41) is 13.3. The number of phenols is 1.